The summed E-state index contributed by atoms with van der Waals surface area (Å²) >= 11 is 0. The number of amidine groups is 2. The molecule has 164 valence electrons. The van der Waals surface area contributed by atoms with Crippen LogP contribution in [0.25, 0.3) is 11.1 Å². The Bertz CT molecular complexity index is 1100. The first-order chi connectivity index (χ1) is 15.8. The van der Waals surface area contributed by atoms with Crippen LogP contribution in [0.5, 0.6) is 0 Å². The van der Waals surface area contributed by atoms with Gasteiger partial charge in [-0.15, -0.1) is 0 Å². The van der Waals surface area contributed by atoms with E-state index in [1.807, 2.05) is 12.1 Å². The predicted molar refractivity (Wildman–Crippen MR) is 130 cm³/mol. The second kappa shape index (κ2) is 8.31. The van der Waals surface area contributed by atoms with Crippen LogP contribution < -0.4 is 0 Å². The first-order valence-electron chi connectivity index (χ1n) is 12.4. The zero-order valence-electron chi connectivity index (χ0n) is 18.6. The van der Waals surface area contributed by atoms with Gasteiger partial charge in [0.1, 0.15) is 17.5 Å². The van der Waals surface area contributed by atoms with Crippen LogP contribution in [0.2, 0.25) is 0 Å². The van der Waals surface area contributed by atoms with Crippen LogP contribution in [0.3, 0.4) is 0 Å². The zero-order chi connectivity index (χ0) is 21.5. The number of para-hydroxylation sites is 1. The van der Waals surface area contributed by atoms with Crippen molar-refractivity contribution in [2.24, 2.45) is 9.98 Å². The monoisotopic (exact) mass is 427 g/mol. The molecule has 2 aliphatic carbocycles. The summed E-state index contributed by atoms with van der Waals surface area (Å²) in [5.41, 5.74) is 5.59. The molecule has 2 aromatic rings. The fourth-order valence-corrected chi connectivity index (χ4v) is 5.91. The van der Waals surface area contributed by atoms with E-state index in [4.69, 9.17) is 9.98 Å². The molecule has 32 heavy (non-hydrogen) atoms. The average molecular weight is 428 g/mol. The van der Waals surface area contributed by atoms with Gasteiger partial charge in [-0.05, 0) is 49.4 Å². The number of aliphatic imine (C=N–C) groups is 2. The van der Waals surface area contributed by atoms with Crippen molar-refractivity contribution in [1.29, 1.82) is 0 Å². The number of benzene rings is 2. The Morgan fingerprint density at radius 2 is 1.47 bits per heavy atom. The predicted octanol–water partition coefficient (Wildman–Crippen LogP) is 7.16. The molecule has 0 N–H and O–H groups in total. The molecule has 0 unspecified atom stereocenters. The van der Waals surface area contributed by atoms with Crippen LogP contribution in [-0.4, -0.2) is 28.7 Å². The molecule has 6 rings (SSSR count). The number of rotatable bonds is 3. The number of hydrogen-bond donors (Lipinski definition) is 0. The molecule has 0 bridgehead atoms. The molecule has 0 radical (unpaired) electrons. The number of halogens is 1. The number of fused-ring (bicyclic) bond motifs is 3. The first-order valence-corrected chi connectivity index (χ1v) is 12.4. The van der Waals surface area contributed by atoms with Gasteiger partial charge < -0.3 is 4.90 Å². The van der Waals surface area contributed by atoms with Crippen molar-refractivity contribution in [3.63, 3.8) is 0 Å². The quantitative estimate of drug-likeness (QED) is 0.511. The zero-order valence-corrected chi connectivity index (χ0v) is 18.6. The number of nitrogens with zero attached hydrogens (tertiary/aromatic N) is 3. The van der Waals surface area contributed by atoms with E-state index in [0.29, 0.717) is 12.1 Å². The summed E-state index contributed by atoms with van der Waals surface area (Å²) in [4.78, 5) is 13.0. The fraction of sp³-hybridized carbons (Fsp3) is 0.429. The SMILES string of the molecule is Fc1ccc(C2=C3C(=Nc4ccccc43)N(C3CCCCC3)C2=NC2CCCCC2)cc1. The van der Waals surface area contributed by atoms with Gasteiger partial charge in [0.25, 0.3) is 0 Å². The van der Waals surface area contributed by atoms with E-state index in [2.05, 4.69) is 29.2 Å². The molecular weight excluding hydrogens is 397 g/mol. The average Bonchev–Trinajstić information content (AvgIpc) is 3.35. The summed E-state index contributed by atoms with van der Waals surface area (Å²) in [5, 5.41) is 0. The molecule has 0 saturated heterocycles. The van der Waals surface area contributed by atoms with Crippen LogP contribution in [0.4, 0.5) is 10.1 Å². The summed E-state index contributed by atoms with van der Waals surface area (Å²) < 4.78 is 13.8. The molecule has 0 spiro atoms. The lowest BCUT2D eigenvalue weighted by atomic mass is 9.93. The molecule has 0 amide bonds. The molecule has 4 heteroatoms. The van der Waals surface area contributed by atoms with Gasteiger partial charge in [-0.2, -0.15) is 0 Å². The Hall–Kier alpha value is -2.75. The van der Waals surface area contributed by atoms with Crippen molar-refractivity contribution in [3.8, 4) is 0 Å². The topological polar surface area (TPSA) is 28.0 Å². The highest BCUT2D eigenvalue weighted by atomic mass is 19.1. The van der Waals surface area contributed by atoms with Gasteiger partial charge in [0.2, 0.25) is 0 Å². The largest absolute Gasteiger partial charge is 0.307 e. The van der Waals surface area contributed by atoms with E-state index in [-0.39, 0.29) is 5.82 Å². The highest BCUT2D eigenvalue weighted by Gasteiger charge is 2.43. The molecule has 2 fully saturated rings. The summed E-state index contributed by atoms with van der Waals surface area (Å²) in [5.74, 6) is 1.94. The Kier molecular flexibility index (Phi) is 5.17. The summed E-state index contributed by atoms with van der Waals surface area (Å²) in [7, 11) is 0. The molecular formula is C28H30FN3. The van der Waals surface area contributed by atoms with Crippen LogP contribution in [0, 0.1) is 5.82 Å². The molecule has 2 heterocycles. The molecule has 0 atom stereocenters. The minimum Gasteiger partial charge on any atom is -0.307 e. The first kappa shape index (κ1) is 19.9. The van der Waals surface area contributed by atoms with Gasteiger partial charge in [0.05, 0.1) is 11.7 Å². The van der Waals surface area contributed by atoms with Gasteiger partial charge in [0.15, 0.2) is 0 Å². The van der Waals surface area contributed by atoms with E-state index in [1.54, 1.807) is 12.1 Å². The van der Waals surface area contributed by atoms with Crippen LogP contribution in [0.15, 0.2) is 58.5 Å². The maximum Gasteiger partial charge on any atom is 0.143 e. The molecule has 2 saturated carbocycles. The summed E-state index contributed by atoms with van der Waals surface area (Å²) in [6.45, 7) is 0. The van der Waals surface area contributed by atoms with Gasteiger partial charge in [0, 0.05) is 22.8 Å². The van der Waals surface area contributed by atoms with Crippen molar-refractivity contribution >= 4 is 28.5 Å². The maximum absolute atomic E-state index is 13.8. The van der Waals surface area contributed by atoms with Gasteiger partial charge in [-0.25, -0.2) is 9.38 Å². The highest BCUT2D eigenvalue weighted by Crippen LogP contribution is 2.47. The summed E-state index contributed by atoms with van der Waals surface area (Å²) in [6, 6.07) is 16.2. The summed E-state index contributed by atoms with van der Waals surface area (Å²) in [6.07, 6.45) is 12.4. The van der Waals surface area contributed by atoms with Crippen molar-refractivity contribution in [2.75, 3.05) is 0 Å². The van der Waals surface area contributed by atoms with Crippen LogP contribution in [-0.2, 0) is 0 Å². The lowest BCUT2D eigenvalue weighted by Gasteiger charge is -2.34. The van der Waals surface area contributed by atoms with E-state index < -0.39 is 0 Å². The Morgan fingerprint density at radius 1 is 0.781 bits per heavy atom. The van der Waals surface area contributed by atoms with Gasteiger partial charge in [-0.1, -0.05) is 68.9 Å². The second-order valence-corrected chi connectivity index (χ2v) is 9.62. The third kappa shape index (κ3) is 3.41. The van der Waals surface area contributed by atoms with Crippen molar-refractivity contribution in [3.05, 3.63) is 65.5 Å². The van der Waals surface area contributed by atoms with E-state index >= 15 is 0 Å². The molecule has 3 nitrogen and oxygen atoms in total. The van der Waals surface area contributed by atoms with Gasteiger partial charge in [-0.3, -0.25) is 4.99 Å². The van der Waals surface area contributed by atoms with E-state index in [0.717, 1.165) is 41.3 Å². The second-order valence-electron chi connectivity index (χ2n) is 9.62. The lowest BCUT2D eigenvalue weighted by Crippen LogP contribution is -2.42. The highest BCUT2D eigenvalue weighted by molar-refractivity contribution is 6.53. The van der Waals surface area contributed by atoms with E-state index in [1.165, 1.54) is 62.5 Å². The third-order valence-corrected chi connectivity index (χ3v) is 7.51. The Morgan fingerprint density at radius 3 is 2.22 bits per heavy atom. The third-order valence-electron chi connectivity index (χ3n) is 7.51. The van der Waals surface area contributed by atoms with Gasteiger partial charge >= 0.3 is 0 Å². The van der Waals surface area contributed by atoms with Crippen molar-refractivity contribution in [2.45, 2.75) is 76.3 Å². The molecule has 0 aromatic heterocycles. The van der Waals surface area contributed by atoms with Crippen molar-refractivity contribution in [1.82, 2.24) is 4.90 Å². The normalized spacial score (nSPS) is 23.0. The standard InChI is InChI=1S/C28H30FN3/c29-20-17-15-19(16-18-20)25-26-23-13-7-8-14-24(23)31-28(26)32(22-11-5-2-6-12-22)27(25)30-21-9-3-1-4-10-21/h7-8,13-18,21-22H,1-6,9-12H2. The minimum absolute atomic E-state index is 0.201. The molecule has 2 aromatic carbocycles. The van der Waals surface area contributed by atoms with Crippen molar-refractivity contribution < 1.29 is 4.39 Å². The van der Waals surface area contributed by atoms with Crippen LogP contribution >= 0.6 is 0 Å². The molecule has 4 aliphatic rings. The molecule has 2 aliphatic heterocycles. The fourth-order valence-electron chi connectivity index (χ4n) is 5.91. The Labute approximate surface area is 189 Å². The Balaban J connectivity index is 1.55. The van der Waals surface area contributed by atoms with Crippen LogP contribution in [0.1, 0.15) is 75.3 Å². The minimum atomic E-state index is -0.201. The smallest absolute Gasteiger partial charge is 0.143 e. The lowest BCUT2D eigenvalue weighted by molar-refractivity contribution is 0.323. The number of hydrogen-bond acceptors (Lipinski definition) is 2. The maximum atomic E-state index is 13.8. The van der Waals surface area contributed by atoms with E-state index in [9.17, 15) is 4.39 Å².